The Morgan fingerprint density at radius 2 is 1.75 bits per heavy atom. The number of carbonyl (C=O) groups is 1. The Morgan fingerprint density at radius 1 is 1.09 bits per heavy atom. The van der Waals surface area contributed by atoms with E-state index in [0.717, 1.165) is 23.6 Å². The molecule has 1 aromatic carbocycles. The Labute approximate surface area is 187 Å². The van der Waals surface area contributed by atoms with E-state index in [9.17, 15) is 18.0 Å². The van der Waals surface area contributed by atoms with Crippen molar-refractivity contribution in [1.29, 1.82) is 0 Å². The van der Waals surface area contributed by atoms with E-state index in [1.165, 1.54) is 0 Å². The minimum atomic E-state index is -1.50. The first-order chi connectivity index (χ1) is 14.4. The molecule has 1 aliphatic heterocycles. The van der Waals surface area contributed by atoms with Gasteiger partial charge in [-0.1, -0.05) is 14.9 Å². The van der Waals surface area contributed by atoms with Gasteiger partial charge in [-0.15, -0.1) is 0 Å². The fourth-order valence-electron chi connectivity index (χ4n) is 3.98. The highest BCUT2D eigenvalue weighted by molar-refractivity contribution is 6.02. The van der Waals surface area contributed by atoms with Crippen LogP contribution in [0.15, 0.2) is 18.3 Å². The average molecular weight is 453 g/mol. The molecule has 6 nitrogen and oxygen atoms in total. The first kappa shape index (κ1) is 25.4. The van der Waals surface area contributed by atoms with Gasteiger partial charge in [-0.3, -0.25) is 4.79 Å². The SMILES string of the molecule is C.C.CCN1CC(=O)N(CC)c2cnc(CC3CC(Oc4cc(F)c(F)c(F)c4)C3)nc21. The number of halogens is 3. The lowest BCUT2D eigenvalue weighted by Crippen LogP contribution is -2.46. The van der Waals surface area contributed by atoms with Gasteiger partial charge in [0.25, 0.3) is 0 Å². The molecule has 176 valence electrons. The highest BCUT2D eigenvalue weighted by Crippen LogP contribution is 2.36. The van der Waals surface area contributed by atoms with Crippen LogP contribution in [0.25, 0.3) is 0 Å². The maximum Gasteiger partial charge on any atom is 0.246 e. The maximum atomic E-state index is 13.3. The van der Waals surface area contributed by atoms with Crippen LogP contribution in [0.2, 0.25) is 0 Å². The molecule has 0 spiro atoms. The van der Waals surface area contributed by atoms with E-state index in [4.69, 9.17) is 9.72 Å². The van der Waals surface area contributed by atoms with Gasteiger partial charge >= 0.3 is 0 Å². The second kappa shape index (κ2) is 10.2. The van der Waals surface area contributed by atoms with E-state index in [1.54, 1.807) is 11.1 Å². The third kappa shape index (κ3) is 4.81. The number of fused-ring (bicyclic) bond motifs is 1. The molecule has 1 fully saturated rings. The zero-order valence-corrected chi connectivity index (χ0v) is 16.9. The molecule has 9 heteroatoms. The van der Waals surface area contributed by atoms with Crippen molar-refractivity contribution in [2.75, 3.05) is 29.4 Å². The standard InChI is InChI=1S/C21H23F3N4O2.2CH4/c1-3-27-11-19(29)28(4-2)17-10-25-18(26-21(17)27)7-12-5-13(6-12)30-14-8-15(22)20(24)16(23)9-14;;/h8-10,12-13H,3-7,11H2,1-2H3;2*1H4. The average Bonchev–Trinajstić information content (AvgIpc) is 2.69. The van der Waals surface area contributed by atoms with Crippen molar-refractivity contribution in [3.63, 3.8) is 0 Å². The molecule has 1 aliphatic carbocycles. The maximum absolute atomic E-state index is 13.3. The number of hydrogen-bond acceptors (Lipinski definition) is 5. The predicted octanol–water partition coefficient (Wildman–Crippen LogP) is 4.76. The van der Waals surface area contributed by atoms with Crippen molar-refractivity contribution >= 4 is 17.4 Å². The number of rotatable bonds is 6. The summed E-state index contributed by atoms with van der Waals surface area (Å²) in [5, 5.41) is 0. The molecule has 0 N–H and O–H groups in total. The van der Waals surface area contributed by atoms with Gasteiger partial charge < -0.3 is 14.5 Å². The molecule has 0 saturated heterocycles. The second-order valence-corrected chi connectivity index (χ2v) is 7.63. The Bertz CT molecular complexity index is 943. The fourth-order valence-corrected chi connectivity index (χ4v) is 3.98. The number of likely N-dealkylation sites (N-methyl/N-ethyl adjacent to an activating group) is 2. The molecular weight excluding hydrogens is 421 g/mol. The number of ether oxygens (including phenoxy) is 1. The van der Waals surface area contributed by atoms with Gasteiger partial charge in [-0.25, -0.2) is 23.1 Å². The van der Waals surface area contributed by atoms with E-state index < -0.39 is 17.5 Å². The van der Waals surface area contributed by atoms with Crippen LogP contribution in [0, 0.1) is 23.4 Å². The van der Waals surface area contributed by atoms with Crippen LogP contribution >= 0.6 is 0 Å². The summed E-state index contributed by atoms with van der Waals surface area (Å²) in [5.74, 6) is -2.24. The number of carbonyl (C=O) groups excluding carboxylic acids is 1. The van der Waals surface area contributed by atoms with Gasteiger partial charge in [-0.05, 0) is 32.6 Å². The van der Waals surface area contributed by atoms with Gasteiger partial charge in [0, 0.05) is 31.6 Å². The van der Waals surface area contributed by atoms with Crippen molar-refractivity contribution in [2.45, 2.75) is 54.1 Å². The summed E-state index contributed by atoms with van der Waals surface area (Å²) in [6, 6.07) is 1.72. The summed E-state index contributed by atoms with van der Waals surface area (Å²) < 4.78 is 45.2. The molecule has 2 heterocycles. The van der Waals surface area contributed by atoms with E-state index >= 15 is 0 Å². The molecule has 0 atom stereocenters. The molecule has 4 rings (SSSR count). The van der Waals surface area contributed by atoms with E-state index in [0.29, 0.717) is 44.7 Å². The summed E-state index contributed by atoms with van der Waals surface area (Å²) in [6.07, 6.45) is 3.56. The lowest BCUT2D eigenvalue weighted by Gasteiger charge is -2.36. The van der Waals surface area contributed by atoms with Crippen molar-refractivity contribution in [3.05, 3.63) is 41.6 Å². The van der Waals surface area contributed by atoms with Crippen molar-refractivity contribution < 1.29 is 22.7 Å². The molecule has 2 aromatic rings. The van der Waals surface area contributed by atoms with Crippen LogP contribution < -0.4 is 14.5 Å². The van der Waals surface area contributed by atoms with Crippen LogP contribution in [0.1, 0.15) is 47.4 Å². The molecule has 0 radical (unpaired) electrons. The quantitative estimate of drug-likeness (QED) is 0.592. The Hall–Kier alpha value is -2.84. The van der Waals surface area contributed by atoms with Crippen molar-refractivity contribution in [3.8, 4) is 5.75 Å². The summed E-state index contributed by atoms with van der Waals surface area (Å²) in [7, 11) is 0. The monoisotopic (exact) mass is 452 g/mol. The number of amides is 1. The lowest BCUT2D eigenvalue weighted by molar-refractivity contribution is -0.117. The second-order valence-electron chi connectivity index (χ2n) is 7.63. The predicted molar refractivity (Wildman–Crippen MR) is 119 cm³/mol. The van der Waals surface area contributed by atoms with Crippen LogP contribution in [-0.2, 0) is 11.2 Å². The number of nitrogens with zero attached hydrogens (tertiary/aromatic N) is 4. The normalized spacial score (nSPS) is 19.5. The van der Waals surface area contributed by atoms with Crippen molar-refractivity contribution in [2.24, 2.45) is 5.92 Å². The summed E-state index contributed by atoms with van der Waals surface area (Å²) in [6.45, 7) is 5.45. The number of anilines is 2. The van der Waals surface area contributed by atoms with E-state index in [1.807, 2.05) is 18.7 Å². The molecule has 1 amide bonds. The van der Waals surface area contributed by atoms with E-state index in [-0.39, 0.29) is 38.5 Å². The lowest BCUT2D eigenvalue weighted by atomic mass is 9.80. The zero-order valence-electron chi connectivity index (χ0n) is 16.9. The Balaban J connectivity index is 0.00000181. The van der Waals surface area contributed by atoms with Gasteiger partial charge in [0.2, 0.25) is 5.91 Å². The Morgan fingerprint density at radius 3 is 2.34 bits per heavy atom. The van der Waals surface area contributed by atoms with Crippen molar-refractivity contribution in [1.82, 2.24) is 9.97 Å². The molecule has 2 aliphatic rings. The highest BCUT2D eigenvalue weighted by atomic mass is 19.2. The molecule has 1 aromatic heterocycles. The van der Waals surface area contributed by atoms with Gasteiger partial charge in [-0.2, -0.15) is 0 Å². The highest BCUT2D eigenvalue weighted by Gasteiger charge is 2.34. The third-order valence-corrected chi connectivity index (χ3v) is 5.64. The first-order valence-corrected chi connectivity index (χ1v) is 10.1. The van der Waals surface area contributed by atoms with Gasteiger partial charge in [0.1, 0.15) is 17.3 Å². The van der Waals surface area contributed by atoms with E-state index in [2.05, 4.69) is 4.98 Å². The fraction of sp³-hybridized carbons (Fsp3) is 0.522. The summed E-state index contributed by atoms with van der Waals surface area (Å²) in [4.78, 5) is 25.1. The molecule has 0 unspecified atom stereocenters. The zero-order chi connectivity index (χ0) is 21.4. The molecular formula is C23H31F3N4O2. The molecule has 1 saturated carbocycles. The molecule has 32 heavy (non-hydrogen) atoms. The van der Waals surface area contributed by atoms with Crippen LogP contribution in [-0.4, -0.2) is 41.6 Å². The number of benzene rings is 1. The third-order valence-electron chi connectivity index (χ3n) is 5.64. The number of hydrogen-bond donors (Lipinski definition) is 0. The smallest absolute Gasteiger partial charge is 0.246 e. The first-order valence-electron chi connectivity index (χ1n) is 10.1. The molecule has 0 bridgehead atoms. The van der Waals surface area contributed by atoms with Gasteiger partial charge in [0.05, 0.1) is 18.8 Å². The van der Waals surface area contributed by atoms with Crippen LogP contribution in [0.3, 0.4) is 0 Å². The topological polar surface area (TPSA) is 58.6 Å². The Kier molecular flexibility index (Phi) is 8.09. The number of aromatic nitrogens is 2. The van der Waals surface area contributed by atoms with Gasteiger partial charge in [0.15, 0.2) is 23.3 Å². The minimum absolute atomic E-state index is 0. The van der Waals surface area contributed by atoms with Crippen LogP contribution in [0.5, 0.6) is 5.75 Å². The largest absolute Gasteiger partial charge is 0.490 e. The summed E-state index contributed by atoms with van der Waals surface area (Å²) >= 11 is 0. The van der Waals surface area contributed by atoms with Crippen LogP contribution in [0.4, 0.5) is 24.7 Å². The minimum Gasteiger partial charge on any atom is -0.490 e. The summed E-state index contributed by atoms with van der Waals surface area (Å²) in [5.41, 5.74) is 0.731.